The molecule has 3 atom stereocenters. The molecule has 1 fully saturated rings. The summed E-state index contributed by atoms with van der Waals surface area (Å²) in [6.45, 7) is 6.06. The van der Waals surface area contributed by atoms with Crippen molar-refractivity contribution >= 4 is 35.1 Å². The minimum atomic E-state index is -0.418. The van der Waals surface area contributed by atoms with Crippen molar-refractivity contribution in [3.8, 4) is 0 Å². The molecule has 2 unspecified atom stereocenters. The number of aromatic nitrogens is 1. The van der Waals surface area contributed by atoms with E-state index in [1.54, 1.807) is 11.1 Å². The van der Waals surface area contributed by atoms with E-state index < -0.39 is 5.25 Å². The fourth-order valence-electron chi connectivity index (χ4n) is 4.56. The Bertz CT molecular complexity index is 1020. The molecule has 2 aromatic rings. The van der Waals surface area contributed by atoms with E-state index >= 15 is 0 Å². The second kappa shape index (κ2) is 8.16. The molecule has 0 radical (unpaired) electrons. The van der Waals surface area contributed by atoms with Gasteiger partial charge in [-0.05, 0) is 49.1 Å². The monoisotopic (exact) mass is 437 g/mol. The number of carbonyl (C=O) groups excluding carboxylic acids is 2. The molecular weight excluding hydrogens is 410 g/mol. The van der Waals surface area contributed by atoms with E-state index in [9.17, 15) is 9.59 Å². The second-order valence-electron chi connectivity index (χ2n) is 8.65. The molecule has 5 rings (SSSR count). The van der Waals surface area contributed by atoms with Crippen molar-refractivity contribution in [2.24, 2.45) is 0 Å². The molecule has 31 heavy (non-hydrogen) atoms. The Hall–Kier alpha value is -2.58. The number of nitrogens with one attached hydrogen (secondary N) is 3. The van der Waals surface area contributed by atoms with Crippen LogP contribution >= 0.6 is 11.8 Å². The van der Waals surface area contributed by atoms with Crippen LogP contribution in [0.3, 0.4) is 0 Å². The van der Waals surface area contributed by atoms with Crippen molar-refractivity contribution in [1.29, 1.82) is 0 Å². The fourth-order valence-corrected chi connectivity index (χ4v) is 5.80. The van der Waals surface area contributed by atoms with Crippen molar-refractivity contribution in [3.63, 3.8) is 0 Å². The topological polar surface area (TPSA) is 86.4 Å². The number of amides is 3. The van der Waals surface area contributed by atoms with Crippen LogP contribution < -0.4 is 20.9 Å². The third-order valence-corrected chi connectivity index (χ3v) is 7.49. The average Bonchev–Trinajstić information content (AvgIpc) is 3.14. The van der Waals surface area contributed by atoms with Crippen LogP contribution in [0.2, 0.25) is 0 Å². The maximum absolute atomic E-state index is 13.2. The van der Waals surface area contributed by atoms with Gasteiger partial charge in [0.2, 0.25) is 5.91 Å². The standard InChI is InChI=1S/C23H27N5O2S/c1-13(2)14-5-3-7-16(11-14)28-17-8-10-25-22-18(17)19(27-23(28)30)20(31-22)21(29)26-15-6-4-9-24-12-15/h3,5,7-8,10-11,13,15,19-20,24H,4,6,9,12H2,1-2H3,(H,26,29)(H,27,30)/t15?,19?,20-/m1/s1. The van der Waals surface area contributed by atoms with E-state index in [-0.39, 0.29) is 24.0 Å². The predicted octanol–water partition coefficient (Wildman–Crippen LogP) is 3.45. The number of piperidine rings is 1. The van der Waals surface area contributed by atoms with Gasteiger partial charge in [0.1, 0.15) is 10.3 Å². The number of thioether (sulfide) groups is 1. The van der Waals surface area contributed by atoms with Gasteiger partial charge in [-0.15, -0.1) is 0 Å². The SMILES string of the molecule is CC(C)c1cccc(N2C(=O)NC3c4c2ccnc4S[C@H]3C(=O)NC2CCCNC2)c1. The van der Waals surface area contributed by atoms with E-state index in [0.717, 1.165) is 47.9 Å². The molecule has 7 nitrogen and oxygen atoms in total. The Morgan fingerprint density at radius 2 is 2.19 bits per heavy atom. The van der Waals surface area contributed by atoms with Crippen LogP contribution in [-0.4, -0.2) is 41.3 Å². The lowest BCUT2D eigenvalue weighted by Crippen LogP contribution is -2.52. The summed E-state index contributed by atoms with van der Waals surface area (Å²) >= 11 is 1.44. The van der Waals surface area contributed by atoms with Gasteiger partial charge in [-0.25, -0.2) is 9.78 Å². The van der Waals surface area contributed by atoms with Gasteiger partial charge >= 0.3 is 6.03 Å². The highest BCUT2D eigenvalue weighted by Crippen LogP contribution is 2.50. The summed E-state index contributed by atoms with van der Waals surface area (Å²) < 4.78 is 0. The molecule has 4 heterocycles. The van der Waals surface area contributed by atoms with Crippen LogP contribution in [0.25, 0.3) is 0 Å². The molecule has 1 aromatic heterocycles. The van der Waals surface area contributed by atoms with Crippen LogP contribution in [0.1, 0.15) is 49.8 Å². The van der Waals surface area contributed by atoms with Gasteiger partial charge in [-0.2, -0.15) is 0 Å². The van der Waals surface area contributed by atoms with Gasteiger partial charge in [0.05, 0.1) is 17.4 Å². The predicted molar refractivity (Wildman–Crippen MR) is 122 cm³/mol. The summed E-state index contributed by atoms with van der Waals surface area (Å²) in [5.41, 5.74) is 3.73. The molecule has 1 aromatic carbocycles. The maximum Gasteiger partial charge on any atom is 0.327 e. The highest BCUT2D eigenvalue weighted by atomic mass is 32.2. The number of urea groups is 1. The number of carbonyl (C=O) groups is 2. The molecule has 8 heteroatoms. The number of hydrogen-bond donors (Lipinski definition) is 3. The van der Waals surface area contributed by atoms with Crippen molar-refractivity contribution in [2.45, 2.75) is 55.0 Å². The minimum absolute atomic E-state index is 0.0387. The van der Waals surface area contributed by atoms with Crippen LogP contribution in [0, 0.1) is 0 Å². The molecule has 3 N–H and O–H groups in total. The van der Waals surface area contributed by atoms with E-state index in [1.807, 2.05) is 18.2 Å². The summed E-state index contributed by atoms with van der Waals surface area (Å²) in [5, 5.41) is 9.98. The molecule has 0 aliphatic carbocycles. The summed E-state index contributed by atoms with van der Waals surface area (Å²) in [7, 11) is 0. The van der Waals surface area contributed by atoms with Crippen molar-refractivity contribution in [3.05, 3.63) is 47.7 Å². The van der Waals surface area contributed by atoms with Gasteiger partial charge in [-0.1, -0.05) is 37.7 Å². The van der Waals surface area contributed by atoms with Crippen molar-refractivity contribution in [2.75, 3.05) is 18.0 Å². The average molecular weight is 438 g/mol. The summed E-state index contributed by atoms with van der Waals surface area (Å²) in [6.07, 6.45) is 3.75. The Balaban J connectivity index is 1.46. The van der Waals surface area contributed by atoms with Gasteiger partial charge in [0, 0.05) is 24.3 Å². The Kier molecular flexibility index (Phi) is 5.35. The van der Waals surface area contributed by atoms with Gasteiger partial charge in [0.25, 0.3) is 0 Å². The van der Waals surface area contributed by atoms with Gasteiger partial charge in [-0.3, -0.25) is 9.69 Å². The highest BCUT2D eigenvalue weighted by Gasteiger charge is 2.46. The molecule has 3 amide bonds. The number of anilines is 2. The zero-order chi connectivity index (χ0) is 21.5. The first-order chi connectivity index (χ1) is 15.0. The van der Waals surface area contributed by atoms with Crippen LogP contribution in [0.4, 0.5) is 16.2 Å². The van der Waals surface area contributed by atoms with E-state index in [1.165, 1.54) is 17.3 Å². The number of pyridine rings is 1. The van der Waals surface area contributed by atoms with Crippen LogP contribution in [0.5, 0.6) is 0 Å². The quantitative estimate of drug-likeness (QED) is 0.682. The van der Waals surface area contributed by atoms with Gasteiger partial charge < -0.3 is 16.0 Å². The summed E-state index contributed by atoms with van der Waals surface area (Å²) in [5.74, 6) is 0.324. The molecule has 0 saturated carbocycles. The molecule has 3 aliphatic heterocycles. The van der Waals surface area contributed by atoms with E-state index in [2.05, 4.69) is 46.9 Å². The van der Waals surface area contributed by atoms with Crippen LogP contribution in [0.15, 0.2) is 41.6 Å². The summed E-state index contributed by atoms with van der Waals surface area (Å²) in [4.78, 5) is 32.6. The maximum atomic E-state index is 13.2. The number of rotatable bonds is 4. The second-order valence-corrected chi connectivity index (χ2v) is 9.78. The molecule has 1 saturated heterocycles. The Morgan fingerprint density at radius 3 is 2.97 bits per heavy atom. The lowest BCUT2D eigenvalue weighted by Gasteiger charge is -2.34. The first kappa shape index (κ1) is 20.3. The third-order valence-electron chi connectivity index (χ3n) is 6.20. The minimum Gasteiger partial charge on any atom is -0.351 e. The molecule has 0 spiro atoms. The number of hydrogen-bond acceptors (Lipinski definition) is 5. The van der Waals surface area contributed by atoms with Gasteiger partial charge in [0.15, 0.2) is 0 Å². The Labute approximate surface area is 186 Å². The smallest absolute Gasteiger partial charge is 0.327 e. The van der Waals surface area contributed by atoms with E-state index in [4.69, 9.17) is 0 Å². The largest absolute Gasteiger partial charge is 0.351 e. The molecule has 162 valence electrons. The zero-order valence-corrected chi connectivity index (χ0v) is 18.5. The number of benzene rings is 1. The molecule has 3 aliphatic rings. The number of nitrogens with zero attached hydrogens (tertiary/aromatic N) is 2. The Morgan fingerprint density at radius 1 is 1.32 bits per heavy atom. The normalized spacial score (nSPS) is 24.7. The zero-order valence-electron chi connectivity index (χ0n) is 17.7. The lowest BCUT2D eigenvalue weighted by atomic mass is 9.98. The fraction of sp³-hybridized carbons (Fsp3) is 0.435. The van der Waals surface area contributed by atoms with Crippen molar-refractivity contribution < 1.29 is 9.59 Å². The molecular formula is C23H27N5O2S. The molecule has 0 bridgehead atoms. The summed E-state index contributed by atoms with van der Waals surface area (Å²) in [6, 6.07) is 9.47. The first-order valence-electron chi connectivity index (χ1n) is 10.9. The lowest BCUT2D eigenvalue weighted by molar-refractivity contribution is -0.121. The highest BCUT2D eigenvalue weighted by molar-refractivity contribution is 8.01. The first-order valence-corrected chi connectivity index (χ1v) is 11.8. The van der Waals surface area contributed by atoms with Crippen LogP contribution in [-0.2, 0) is 4.79 Å². The third kappa shape index (κ3) is 3.68. The van der Waals surface area contributed by atoms with Crippen molar-refractivity contribution in [1.82, 2.24) is 20.9 Å². The van der Waals surface area contributed by atoms with E-state index in [0.29, 0.717) is 5.92 Å².